The zero-order valence-electron chi connectivity index (χ0n) is 9.84. The molecule has 0 aliphatic carbocycles. The lowest BCUT2D eigenvalue weighted by molar-refractivity contribution is 0.641. The molecule has 0 aromatic carbocycles. The van der Waals surface area contributed by atoms with Gasteiger partial charge in [0.05, 0.1) is 11.4 Å². The van der Waals surface area contributed by atoms with E-state index in [9.17, 15) is 0 Å². The van der Waals surface area contributed by atoms with Crippen LogP contribution in [0.15, 0.2) is 5.03 Å². The van der Waals surface area contributed by atoms with Gasteiger partial charge in [-0.2, -0.15) is 0 Å². The Morgan fingerprint density at radius 1 is 1.07 bits per heavy atom. The molecule has 0 fully saturated rings. The number of nitrogens with zero attached hydrogens (tertiary/aromatic N) is 2. The lowest BCUT2D eigenvalue weighted by atomic mass is 10.2. The van der Waals surface area contributed by atoms with Crippen LogP contribution in [-0.2, 0) is 0 Å². The molecule has 0 bridgehead atoms. The van der Waals surface area contributed by atoms with Gasteiger partial charge in [0.2, 0.25) is 0 Å². The molecule has 0 spiro atoms. The molecule has 1 atom stereocenters. The van der Waals surface area contributed by atoms with Crippen LogP contribution in [0.1, 0.15) is 32.2 Å². The predicted octanol–water partition coefficient (Wildman–Crippen LogP) is 3.88. The standard InChI is InChI=1S/C11H17ClN2S/c1-6(2)9(5)15-11-10(12)13-7(3)8(4)14-11/h6,9H,1-5H3. The van der Waals surface area contributed by atoms with E-state index in [2.05, 4.69) is 30.7 Å². The summed E-state index contributed by atoms with van der Waals surface area (Å²) in [7, 11) is 0. The van der Waals surface area contributed by atoms with E-state index in [-0.39, 0.29) is 0 Å². The fraction of sp³-hybridized carbons (Fsp3) is 0.636. The first-order valence-electron chi connectivity index (χ1n) is 5.09. The number of hydrogen-bond acceptors (Lipinski definition) is 3. The van der Waals surface area contributed by atoms with Gasteiger partial charge in [0.25, 0.3) is 0 Å². The van der Waals surface area contributed by atoms with Crippen LogP contribution in [-0.4, -0.2) is 15.2 Å². The van der Waals surface area contributed by atoms with Crippen LogP contribution in [0.2, 0.25) is 5.15 Å². The van der Waals surface area contributed by atoms with Crippen LogP contribution in [0.3, 0.4) is 0 Å². The van der Waals surface area contributed by atoms with Crippen molar-refractivity contribution in [1.82, 2.24) is 9.97 Å². The molecule has 15 heavy (non-hydrogen) atoms. The molecule has 1 aromatic heterocycles. The summed E-state index contributed by atoms with van der Waals surface area (Å²) < 4.78 is 0. The highest BCUT2D eigenvalue weighted by atomic mass is 35.5. The molecule has 0 amide bonds. The van der Waals surface area contributed by atoms with Crippen LogP contribution < -0.4 is 0 Å². The van der Waals surface area contributed by atoms with Crippen LogP contribution in [0.4, 0.5) is 0 Å². The number of rotatable bonds is 3. The molecular weight excluding hydrogens is 228 g/mol. The van der Waals surface area contributed by atoms with Crippen molar-refractivity contribution in [1.29, 1.82) is 0 Å². The first-order chi connectivity index (χ1) is 6.91. The highest BCUT2D eigenvalue weighted by Gasteiger charge is 2.14. The second kappa shape index (κ2) is 5.17. The molecule has 84 valence electrons. The Bertz CT molecular complexity index is 353. The number of hydrogen-bond donors (Lipinski definition) is 0. The van der Waals surface area contributed by atoms with E-state index >= 15 is 0 Å². The van der Waals surface area contributed by atoms with E-state index in [0.29, 0.717) is 16.3 Å². The minimum Gasteiger partial charge on any atom is -0.242 e. The summed E-state index contributed by atoms with van der Waals surface area (Å²) in [5.74, 6) is 0.606. The topological polar surface area (TPSA) is 25.8 Å². The SMILES string of the molecule is Cc1nc(Cl)c(SC(C)C(C)C)nc1C. The van der Waals surface area contributed by atoms with Crippen molar-refractivity contribution in [3.05, 3.63) is 16.5 Å². The molecule has 2 nitrogen and oxygen atoms in total. The smallest absolute Gasteiger partial charge is 0.161 e. The maximum absolute atomic E-state index is 6.06. The van der Waals surface area contributed by atoms with Crippen LogP contribution in [0.5, 0.6) is 0 Å². The van der Waals surface area contributed by atoms with E-state index in [0.717, 1.165) is 16.4 Å². The van der Waals surface area contributed by atoms with Gasteiger partial charge < -0.3 is 0 Å². The Kier molecular flexibility index (Phi) is 4.41. The molecular formula is C11H17ClN2S. The number of thioether (sulfide) groups is 1. The van der Waals surface area contributed by atoms with Gasteiger partial charge >= 0.3 is 0 Å². The second-order valence-corrected chi connectivity index (χ2v) is 5.78. The van der Waals surface area contributed by atoms with Gasteiger partial charge in [0, 0.05) is 5.25 Å². The first kappa shape index (κ1) is 12.8. The van der Waals surface area contributed by atoms with Gasteiger partial charge in [-0.1, -0.05) is 44.1 Å². The molecule has 0 saturated carbocycles. The van der Waals surface area contributed by atoms with E-state index in [1.54, 1.807) is 11.8 Å². The molecule has 1 rings (SSSR count). The second-order valence-electron chi connectivity index (χ2n) is 4.06. The minimum absolute atomic E-state index is 0.499. The number of halogens is 1. The third kappa shape index (κ3) is 3.35. The summed E-state index contributed by atoms with van der Waals surface area (Å²) in [6, 6.07) is 0. The number of aromatic nitrogens is 2. The van der Waals surface area contributed by atoms with E-state index in [1.807, 2.05) is 13.8 Å². The van der Waals surface area contributed by atoms with Crippen molar-refractivity contribution >= 4 is 23.4 Å². The van der Waals surface area contributed by atoms with Gasteiger partial charge in [-0.3, -0.25) is 0 Å². The zero-order chi connectivity index (χ0) is 11.6. The average Bonchev–Trinajstić information content (AvgIpc) is 2.13. The van der Waals surface area contributed by atoms with Crippen LogP contribution >= 0.6 is 23.4 Å². The molecule has 4 heteroatoms. The van der Waals surface area contributed by atoms with Crippen molar-refractivity contribution in [3.8, 4) is 0 Å². The van der Waals surface area contributed by atoms with Crippen LogP contribution in [0.25, 0.3) is 0 Å². The Hall–Kier alpha value is -0.280. The van der Waals surface area contributed by atoms with E-state index in [4.69, 9.17) is 11.6 Å². The zero-order valence-corrected chi connectivity index (χ0v) is 11.4. The van der Waals surface area contributed by atoms with Crippen molar-refractivity contribution < 1.29 is 0 Å². The normalized spacial score (nSPS) is 13.3. The van der Waals surface area contributed by atoms with E-state index < -0.39 is 0 Å². The molecule has 0 radical (unpaired) electrons. The first-order valence-corrected chi connectivity index (χ1v) is 6.35. The van der Waals surface area contributed by atoms with Crippen molar-refractivity contribution in [3.63, 3.8) is 0 Å². The Morgan fingerprint density at radius 2 is 1.60 bits per heavy atom. The summed E-state index contributed by atoms with van der Waals surface area (Å²) in [6.07, 6.45) is 0. The van der Waals surface area contributed by atoms with Crippen molar-refractivity contribution in [2.75, 3.05) is 0 Å². The molecule has 0 aliphatic rings. The van der Waals surface area contributed by atoms with Gasteiger partial charge in [-0.15, -0.1) is 0 Å². The highest BCUT2D eigenvalue weighted by molar-refractivity contribution is 7.99. The summed E-state index contributed by atoms with van der Waals surface area (Å²) in [5.41, 5.74) is 1.86. The quantitative estimate of drug-likeness (QED) is 0.755. The van der Waals surface area contributed by atoms with Gasteiger partial charge in [0.15, 0.2) is 5.15 Å². The minimum atomic E-state index is 0.499. The number of aryl methyl sites for hydroxylation is 2. The maximum Gasteiger partial charge on any atom is 0.161 e. The van der Waals surface area contributed by atoms with Gasteiger partial charge in [-0.25, -0.2) is 9.97 Å². The monoisotopic (exact) mass is 244 g/mol. The van der Waals surface area contributed by atoms with Crippen molar-refractivity contribution in [2.24, 2.45) is 5.92 Å². The van der Waals surface area contributed by atoms with Gasteiger partial charge in [0.1, 0.15) is 5.03 Å². The average molecular weight is 245 g/mol. The maximum atomic E-state index is 6.06. The fourth-order valence-corrected chi connectivity index (χ4v) is 2.20. The summed E-state index contributed by atoms with van der Waals surface area (Å²) >= 11 is 7.75. The van der Waals surface area contributed by atoms with Gasteiger partial charge in [-0.05, 0) is 19.8 Å². The molecule has 1 aromatic rings. The lowest BCUT2D eigenvalue weighted by Gasteiger charge is -2.15. The molecule has 1 unspecified atom stereocenters. The molecule has 1 heterocycles. The Labute approximate surface area is 101 Å². The predicted molar refractivity (Wildman–Crippen MR) is 66.7 cm³/mol. The Morgan fingerprint density at radius 3 is 2.13 bits per heavy atom. The molecule has 0 aliphatic heterocycles. The van der Waals surface area contributed by atoms with E-state index in [1.165, 1.54) is 0 Å². The fourth-order valence-electron chi connectivity index (χ4n) is 0.942. The largest absolute Gasteiger partial charge is 0.242 e. The molecule has 0 saturated heterocycles. The van der Waals surface area contributed by atoms with Crippen LogP contribution in [0, 0.1) is 19.8 Å². The third-order valence-electron chi connectivity index (χ3n) is 2.47. The molecule has 0 N–H and O–H groups in total. The lowest BCUT2D eigenvalue weighted by Crippen LogP contribution is -2.07. The summed E-state index contributed by atoms with van der Waals surface area (Å²) in [4.78, 5) is 8.73. The third-order valence-corrected chi connectivity index (χ3v) is 4.27. The summed E-state index contributed by atoms with van der Waals surface area (Å²) in [5, 5.41) is 1.87. The Balaban J connectivity index is 2.91. The summed E-state index contributed by atoms with van der Waals surface area (Å²) in [6.45, 7) is 10.5. The highest BCUT2D eigenvalue weighted by Crippen LogP contribution is 2.30. The van der Waals surface area contributed by atoms with Crippen molar-refractivity contribution in [2.45, 2.75) is 44.9 Å².